The summed E-state index contributed by atoms with van der Waals surface area (Å²) in [5.41, 5.74) is 0.0637. The SMILES string of the molecule is NCc1ccc(C(F)(F)F)c(-c2nc(-c3ccc(C(F)(F)F)cn3)cc(=O)[nH]2)c1F. The Balaban J connectivity index is 2.21. The number of nitrogens with zero attached hydrogens (tertiary/aromatic N) is 2. The molecule has 0 aliphatic rings. The van der Waals surface area contributed by atoms with Gasteiger partial charge in [0.15, 0.2) is 0 Å². The minimum Gasteiger partial charge on any atom is -0.326 e. The van der Waals surface area contributed by atoms with Gasteiger partial charge in [0.1, 0.15) is 11.6 Å². The zero-order valence-corrected chi connectivity index (χ0v) is 14.7. The Kier molecular flexibility index (Phi) is 5.37. The Morgan fingerprint density at radius 1 is 0.967 bits per heavy atom. The summed E-state index contributed by atoms with van der Waals surface area (Å²) in [6.45, 7) is -0.415. The summed E-state index contributed by atoms with van der Waals surface area (Å²) in [6.07, 6.45) is -9.16. The molecule has 5 nitrogen and oxygen atoms in total. The average molecular weight is 432 g/mol. The molecule has 3 aromatic rings. The molecule has 0 radical (unpaired) electrons. The maximum absolute atomic E-state index is 14.7. The first-order chi connectivity index (χ1) is 13.9. The Hall–Kier alpha value is -3.28. The molecule has 0 fully saturated rings. The smallest absolute Gasteiger partial charge is 0.326 e. The van der Waals surface area contributed by atoms with Crippen molar-refractivity contribution >= 4 is 0 Å². The van der Waals surface area contributed by atoms with Gasteiger partial charge in [-0.3, -0.25) is 9.78 Å². The number of alkyl halides is 6. The monoisotopic (exact) mass is 432 g/mol. The number of aromatic amines is 1. The van der Waals surface area contributed by atoms with Gasteiger partial charge in [-0.25, -0.2) is 9.37 Å². The Morgan fingerprint density at radius 2 is 1.67 bits per heavy atom. The van der Waals surface area contributed by atoms with Crippen LogP contribution in [0.25, 0.3) is 22.8 Å². The van der Waals surface area contributed by atoms with E-state index in [2.05, 4.69) is 9.97 Å². The molecule has 12 heteroatoms. The second kappa shape index (κ2) is 7.52. The second-order valence-corrected chi connectivity index (χ2v) is 6.07. The van der Waals surface area contributed by atoms with Crippen molar-refractivity contribution in [3.63, 3.8) is 0 Å². The van der Waals surface area contributed by atoms with Crippen LogP contribution in [0, 0.1) is 5.82 Å². The molecule has 0 aliphatic heterocycles. The first-order valence-corrected chi connectivity index (χ1v) is 8.16. The van der Waals surface area contributed by atoms with Crippen LogP contribution in [-0.2, 0) is 18.9 Å². The number of halogens is 7. The number of benzene rings is 1. The fraction of sp³-hybridized carbons (Fsp3) is 0.167. The maximum Gasteiger partial charge on any atom is 0.417 e. The molecule has 0 saturated heterocycles. The van der Waals surface area contributed by atoms with E-state index in [4.69, 9.17) is 5.73 Å². The molecule has 0 spiro atoms. The molecule has 0 aliphatic carbocycles. The summed E-state index contributed by atoms with van der Waals surface area (Å²) in [6, 6.07) is 3.84. The number of rotatable bonds is 3. The van der Waals surface area contributed by atoms with Crippen LogP contribution in [-0.4, -0.2) is 15.0 Å². The average Bonchev–Trinajstić information content (AvgIpc) is 2.66. The molecule has 0 atom stereocenters. The lowest BCUT2D eigenvalue weighted by molar-refractivity contribution is -0.138. The van der Waals surface area contributed by atoms with Crippen LogP contribution in [0.15, 0.2) is 41.3 Å². The highest BCUT2D eigenvalue weighted by Gasteiger charge is 2.36. The quantitative estimate of drug-likeness (QED) is 0.610. The van der Waals surface area contributed by atoms with Crippen LogP contribution in [0.5, 0.6) is 0 Å². The molecule has 158 valence electrons. The summed E-state index contributed by atoms with van der Waals surface area (Å²) in [4.78, 5) is 21.3. The lowest BCUT2D eigenvalue weighted by Gasteiger charge is -2.15. The Bertz CT molecular complexity index is 1140. The zero-order valence-electron chi connectivity index (χ0n) is 14.7. The van der Waals surface area contributed by atoms with E-state index in [9.17, 15) is 35.5 Å². The summed E-state index contributed by atoms with van der Waals surface area (Å²) < 4.78 is 92.9. The van der Waals surface area contributed by atoms with Crippen molar-refractivity contribution in [3.05, 3.63) is 69.4 Å². The second-order valence-electron chi connectivity index (χ2n) is 6.07. The molecule has 30 heavy (non-hydrogen) atoms. The number of aromatic nitrogens is 3. The standard InChI is InChI=1S/C18H11F7N4O/c19-15-8(6-26)1-3-10(18(23,24)25)14(15)16-28-12(5-13(30)29-16)11-4-2-9(7-27-11)17(20,21)22/h1-5,7H,6,26H2,(H,28,29,30). The molecule has 2 heterocycles. The van der Waals surface area contributed by atoms with Crippen molar-refractivity contribution < 1.29 is 30.7 Å². The molecule has 0 amide bonds. The fourth-order valence-corrected chi connectivity index (χ4v) is 2.66. The van der Waals surface area contributed by atoms with E-state index >= 15 is 0 Å². The van der Waals surface area contributed by atoms with Crippen LogP contribution in [0.1, 0.15) is 16.7 Å². The highest BCUT2D eigenvalue weighted by atomic mass is 19.4. The van der Waals surface area contributed by atoms with E-state index in [0.29, 0.717) is 18.3 Å². The zero-order chi connectivity index (χ0) is 22.3. The van der Waals surface area contributed by atoms with Gasteiger partial charge in [-0.2, -0.15) is 26.3 Å². The summed E-state index contributed by atoms with van der Waals surface area (Å²) in [5.74, 6) is -2.09. The van der Waals surface area contributed by atoms with Gasteiger partial charge in [-0.05, 0) is 18.2 Å². The predicted molar refractivity (Wildman–Crippen MR) is 91.4 cm³/mol. The van der Waals surface area contributed by atoms with Crippen LogP contribution in [0.3, 0.4) is 0 Å². The molecule has 0 unspecified atom stereocenters. The van der Waals surface area contributed by atoms with Gasteiger partial charge in [-0.15, -0.1) is 0 Å². The highest BCUT2D eigenvalue weighted by molar-refractivity contribution is 5.66. The number of hydrogen-bond acceptors (Lipinski definition) is 4. The van der Waals surface area contributed by atoms with Crippen LogP contribution in [0.4, 0.5) is 30.7 Å². The molecule has 1 aromatic carbocycles. The van der Waals surface area contributed by atoms with Crippen molar-refractivity contribution in [2.75, 3.05) is 0 Å². The minimum atomic E-state index is -4.98. The minimum absolute atomic E-state index is 0.223. The third-order valence-corrected chi connectivity index (χ3v) is 4.08. The number of hydrogen-bond donors (Lipinski definition) is 2. The van der Waals surface area contributed by atoms with E-state index in [1.807, 2.05) is 4.98 Å². The van der Waals surface area contributed by atoms with E-state index in [0.717, 1.165) is 18.2 Å². The van der Waals surface area contributed by atoms with Gasteiger partial charge in [0.25, 0.3) is 5.56 Å². The predicted octanol–water partition coefficient (Wildman–Crippen LogP) is 4.13. The van der Waals surface area contributed by atoms with E-state index in [1.165, 1.54) is 0 Å². The lowest BCUT2D eigenvalue weighted by atomic mass is 10.0. The topological polar surface area (TPSA) is 84.7 Å². The largest absolute Gasteiger partial charge is 0.417 e. The molecule has 2 aromatic heterocycles. The maximum atomic E-state index is 14.7. The number of pyridine rings is 1. The molecule has 0 bridgehead atoms. The number of H-pyrrole nitrogens is 1. The first-order valence-electron chi connectivity index (χ1n) is 8.16. The van der Waals surface area contributed by atoms with Crippen molar-refractivity contribution in [1.82, 2.24) is 15.0 Å². The molecule has 3 N–H and O–H groups in total. The molecule has 0 saturated carbocycles. The molecular formula is C18H11F7N4O. The van der Waals surface area contributed by atoms with Gasteiger partial charge in [0, 0.05) is 24.4 Å². The van der Waals surface area contributed by atoms with E-state index in [-0.39, 0.29) is 17.0 Å². The van der Waals surface area contributed by atoms with Crippen molar-refractivity contribution in [2.45, 2.75) is 18.9 Å². The Morgan fingerprint density at radius 3 is 2.20 bits per heavy atom. The van der Waals surface area contributed by atoms with Crippen LogP contribution < -0.4 is 11.3 Å². The first kappa shape index (κ1) is 21.4. The summed E-state index contributed by atoms with van der Waals surface area (Å²) >= 11 is 0. The van der Waals surface area contributed by atoms with Crippen LogP contribution >= 0.6 is 0 Å². The van der Waals surface area contributed by atoms with Gasteiger partial charge in [0.2, 0.25) is 0 Å². The van der Waals surface area contributed by atoms with Crippen molar-refractivity contribution in [3.8, 4) is 22.8 Å². The van der Waals surface area contributed by atoms with E-state index < -0.39 is 52.8 Å². The van der Waals surface area contributed by atoms with Gasteiger partial charge >= 0.3 is 12.4 Å². The van der Waals surface area contributed by atoms with Crippen molar-refractivity contribution in [1.29, 1.82) is 0 Å². The summed E-state index contributed by atoms with van der Waals surface area (Å²) in [5, 5.41) is 0. The fourth-order valence-electron chi connectivity index (χ4n) is 2.66. The Labute approximate surface area is 163 Å². The summed E-state index contributed by atoms with van der Waals surface area (Å²) in [7, 11) is 0. The van der Waals surface area contributed by atoms with E-state index in [1.54, 1.807) is 0 Å². The molecular weight excluding hydrogens is 421 g/mol. The van der Waals surface area contributed by atoms with Gasteiger partial charge in [-0.1, -0.05) is 6.07 Å². The number of nitrogens with two attached hydrogens (primary N) is 1. The number of nitrogens with one attached hydrogen (secondary N) is 1. The van der Waals surface area contributed by atoms with Gasteiger partial charge < -0.3 is 10.7 Å². The lowest BCUT2D eigenvalue weighted by Crippen LogP contribution is -2.16. The third kappa shape index (κ3) is 4.17. The normalized spacial score (nSPS) is 12.3. The highest BCUT2D eigenvalue weighted by Crippen LogP contribution is 2.38. The molecule has 3 rings (SSSR count). The third-order valence-electron chi connectivity index (χ3n) is 4.08. The van der Waals surface area contributed by atoms with Gasteiger partial charge in [0.05, 0.1) is 28.1 Å². The van der Waals surface area contributed by atoms with Crippen LogP contribution in [0.2, 0.25) is 0 Å². The van der Waals surface area contributed by atoms with Crippen molar-refractivity contribution in [2.24, 2.45) is 5.73 Å².